The second-order valence-electron chi connectivity index (χ2n) is 8.51. The van der Waals surface area contributed by atoms with Crippen molar-refractivity contribution in [1.82, 2.24) is 5.32 Å². The van der Waals surface area contributed by atoms with Crippen molar-refractivity contribution >= 4 is 17.5 Å². The predicted octanol–water partition coefficient (Wildman–Crippen LogP) is 4.36. The van der Waals surface area contributed by atoms with Gasteiger partial charge in [0.15, 0.2) is 11.5 Å². The Morgan fingerprint density at radius 1 is 1.06 bits per heavy atom. The second-order valence-corrected chi connectivity index (χ2v) is 8.51. The number of amides is 2. The average molecular weight is 477 g/mol. The molecule has 3 aromatic carbocycles. The first kappa shape index (κ1) is 22.7. The van der Waals surface area contributed by atoms with E-state index in [1.165, 1.54) is 12.1 Å². The van der Waals surface area contributed by atoms with Crippen LogP contribution in [0.2, 0.25) is 0 Å². The van der Waals surface area contributed by atoms with E-state index in [0.29, 0.717) is 29.4 Å². The second kappa shape index (κ2) is 9.66. The number of rotatable bonds is 6. The molecule has 35 heavy (non-hydrogen) atoms. The quantitative estimate of drug-likeness (QED) is 0.572. The highest BCUT2D eigenvalue weighted by atomic mass is 19.1. The monoisotopic (exact) mass is 476 g/mol. The molecule has 0 bridgehead atoms. The molecule has 0 unspecified atom stereocenters. The maximum absolute atomic E-state index is 13.4. The van der Waals surface area contributed by atoms with E-state index in [1.54, 1.807) is 42.3 Å². The zero-order chi connectivity index (χ0) is 24.4. The number of piperidine rings is 1. The number of carbonyl (C=O) groups is 2. The molecule has 1 N–H and O–H groups in total. The van der Waals surface area contributed by atoms with Gasteiger partial charge in [-0.15, -0.1) is 0 Å². The number of nitrogens with one attached hydrogen (secondary N) is 1. The molecule has 2 aliphatic rings. The van der Waals surface area contributed by atoms with Crippen molar-refractivity contribution in [3.05, 3.63) is 83.7 Å². The summed E-state index contributed by atoms with van der Waals surface area (Å²) in [5, 5.41) is 2.97. The number of halogens is 1. The summed E-state index contributed by atoms with van der Waals surface area (Å²) in [6, 6.07) is 18.2. The number of fused-ring (bicyclic) bond motifs is 1. The topological polar surface area (TPSA) is 77.1 Å². The molecule has 5 rings (SSSR count). The molecular weight excluding hydrogens is 451 g/mol. The molecule has 2 amide bonds. The van der Waals surface area contributed by atoms with Gasteiger partial charge in [-0.05, 0) is 53.9 Å². The number of hydrogen-bond donors (Lipinski definition) is 1. The molecule has 3 aromatic rings. The fourth-order valence-electron chi connectivity index (χ4n) is 4.61. The maximum atomic E-state index is 13.4. The van der Waals surface area contributed by atoms with E-state index in [2.05, 4.69) is 5.32 Å². The summed E-state index contributed by atoms with van der Waals surface area (Å²) in [5.74, 6) is 0.791. The van der Waals surface area contributed by atoms with Gasteiger partial charge in [-0.1, -0.05) is 24.3 Å². The molecule has 1 saturated heterocycles. The third-order valence-electron chi connectivity index (χ3n) is 6.41. The van der Waals surface area contributed by atoms with Crippen LogP contribution in [-0.2, 0) is 16.1 Å². The van der Waals surface area contributed by atoms with Crippen molar-refractivity contribution in [3.8, 4) is 17.2 Å². The number of nitrogens with zero attached hydrogens (tertiary/aromatic N) is 1. The Hall–Kier alpha value is -4.07. The molecule has 2 heterocycles. The normalized spacial score (nSPS) is 18.9. The lowest BCUT2D eigenvalue weighted by Crippen LogP contribution is -2.48. The van der Waals surface area contributed by atoms with Gasteiger partial charge >= 0.3 is 0 Å². The molecule has 1 fully saturated rings. The zero-order valence-electron chi connectivity index (χ0n) is 19.2. The summed E-state index contributed by atoms with van der Waals surface area (Å²) >= 11 is 0. The lowest BCUT2D eigenvalue weighted by Gasteiger charge is -2.41. The summed E-state index contributed by atoms with van der Waals surface area (Å²) < 4.78 is 29.5. The SMILES string of the molecule is COc1ccc([C@@H]2[C@H](C(=O)NCc3ccc(F)cc3)CCC(=O)N2c2ccc3c(c2)OCO3)cc1. The van der Waals surface area contributed by atoms with Gasteiger partial charge in [0.1, 0.15) is 11.6 Å². The van der Waals surface area contributed by atoms with Crippen LogP contribution < -0.4 is 24.4 Å². The zero-order valence-corrected chi connectivity index (χ0v) is 19.2. The van der Waals surface area contributed by atoms with Gasteiger partial charge in [0.25, 0.3) is 0 Å². The average Bonchev–Trinajstić information content (AvgIpc) is 3.36. The maximum Gasteiger partial charge on any atom is 0.231 e. The third kappa shape index (κ3) is 4.64. The van der Waals surface area contributed by atoms with Gasteiger partial charge in [0.2, 0.25) is 18.6 Å². The minimum Gasteiger partial charge on any atom is -0.497 e. The first-order valence-electron chi connectivity index (χ1n) is 11.4. The third-order valence-corrected chi connectivity index (χ3v) is 6.41. The molecule has 0 aliphatic carbocycles. The summed E-state index contributed by atoms with van der Waals surface area (Å²) in [7, 11) is 1.59. The Bertz CT molecular complexity index is 1230. The highest BCUT2D eigenvalue weighted by Crippen LogP contribution is 2.43. The van der Waals surface area contributed by atoms with Gasteiger partial charge in [0, 0.05) is 24.7 Å². The molecule has 180 valence electrons. The molecule has 0 radical (unpaired) electrons. The van der Waals surface area contributed by atoms with Crippen LogP contribution in [0, 0.1) is 11.7 Å². The van der Waals surface area contributed by atoms with Crippen molar-refractivity contribution < 1.29 is 28.2 Å². The summed E-state index contributed by atoms with van der Waals surface area (Å²) in [5.41, 5.74) is 2.25. The van der Waals surface area contributed by atoms with Crippen LogP contribution in [0.25, 0.3) is 0 Å². The Morgan fingerprint density at radius 3 is 2.54 bits per heavy atom. The fraction of sp³-hybridized carbons (Fsp3) is 0.259. The predicted molar refractivity (Wildman–Crippen MR) is 127 cm³/mol. The minimum atomic E-state index is -0.532. The van der Waals surface area contributed by atoms with Gasteiger partial charge < -0.3 is 24.4 Å². The van der Waals surface area contributed by atoms with E-state index in [0.717, 1.165) is 11.1 Å². The molecule has 2 aliphatic heterocycles. The van der Waals surface area contributed by atoms with Crippen LogP contribution >= 0.6 is 0 Å². The lowest BCUT2D eigenvalue weighted by atomic mass is 9.83. The van der Waals surface area contributed by atoms with E-state index >= 15 is 0 Å². The highest BCUT2D eigenvalue weighted by molar-refractivity contribution is 5.97. The highest BCUT2D eigenvalue weighted by Gasteiger charge is 2.41. The Labute approximate surface area is 202 Å². The van der Waals surface area contributed by atoms with Crippen LogP contribution in [0.4, 0.5) is 10.1 Å². The van der Waals surface area contributed by atoms with E-state index in [9.17, 15) is 14.0 Å². The van der Waals surface area contributed by atoms with Crippen LogP contribution in [0.1, 0.15) is 30.0 Å². The first-order chi connectivity index (χ1) is 17.0. The van der Waals surface area contributed by atoms with E-state index < -0.39 is 12.0 Å². The smallest absolute Gasteiger partial charge is 0.231 e. The molecule has 7 nitrogen and oxygen atoms in total. The largest absolute Gasteiger partial charge is 0.497 e. The first-order valence-corrected chi connectivity index (χ1v) is 11.4. The molecule has 0 aromatic heterocycles. The van der Waals surface area contributed by atoms with Crippen molar-refractivity contribution in [2.75, 3.05) is 18.8 Å². The number of benzene rings is 3. The number of carbonyl (C=O) groups excluding carboxylic acids is 2. The van der Waals surface area contributed by atoms with Crippen molar-refractivity contribution in [2.24, 2.45) is 5.92 Å². The number of methoxy groups -OCH3 is 1. The standard InChI is InChI=1S/C27H25FN2O5/c1-33-21-9-4-18(5-10-21)26-22(27(32)29-15-17-2-6-19(28)7-3-17)11-13-25(31)30(26)20-8-12-23-24(14-20)35-16-34-23/h2-10,12,14,22,26H,11,13,15-16H2,1H3,(H,29,32)/t22-,26-/m1/s1. The van der Waals surface area contributed by atoms with Gasteiger partial charge in [-0.25, -0.2) is 4.39 Å². The molecular formula is C27H25FN2O5. The Kier molecular flexibility index (Phi) is 6.27. The van der Waals surface area contributed by atoms with Crippen LogP contribution in [0.5, 0.6) is 17.2 Å². The van der Waals surface area contributed by atoms with E-state index in [-0.39, 0.29) is 37.4 Å². The van der Waals surface area contributed by atoms with Crippen molar-refractivity contribution in [1.29, 1.82) is 0 Å². The molecule has 2 atom stereocenters. The van der Waals surface area contributed by atoms with E-state index in [1.807, 2.05) is 24.3 Å². The molecule has 0 saturated carbocycles. The number of ether oxygens (including phenoxy) is 3. The fourth-order valence-corrected chi connectivity index (χ4v) is 4.61. The van der Waals surface area contributed by atoms with Crippen LogP contribution in [-0.4, -0.2) is 25.7 Å². The van der Waals surface area contributed by atoms with E-state index in [4.69, 9.17) is 14.2 Å². The molecule has 8 heteroatoms. The van der Waals surface area contributed by atoms with Gasteiger partial charge in [-0.3, -0.25) is 9.59 Å². The Morgan fingerprint density at radius 2 is 1.80 bits per heavy atom. The van der Waals surface area contributed by atoms with Crippen LogP contribution in [0.3, 0.4) is 0 Å². The lowest BCUT2D eigenvalue weighted by molar-refractivity contribution is -0.129. The number of anilines is 1. The summed E-state index contributed by atoms with van der Waals surface area (Å²) in [4.78, 5) is 28.3. The Balaban J connectivity index is 1.47. The van der Waals surface area contributed by atoms with Gasteiger partial charge in [0.05, 0.1) is 19.1 Å². The summed E-state index contributed by atoms with van der Waals surface area (Å²) in [6.07, 6.45) is 0.640. The minimum absolute atomic E-state index is 0.0766. The van der Waals surface area contributed by atoms with Crippen molar-refractivity contribution in [2.45, 2.75) is 25.4 Å². The summed E-state index contributed by atoms with van der Waals surface area (Å²) in [6.45, 7) is 0.395. The van der Waals surface area contributed by atoms with Crippen LogP contribution in [0.15, 0.2) is 66.7 Å². The van der Waals surface area contributed by atoms with Crippen molar-refractivity contribution in [3.63, 3.8) is 0 Å². The molecule has 0 spiro atoms. The van der Waals surface area contributed by atoms with Gasteiger partial charge in [-0.2, -0.15) is 0 Å². The number of hydrogen-bond acceptors (Lipinski definition) is 5.